The van der Waals surface area contributed by atoms with Gasteiger partial charge in [0.2, 0.25) is 6.79 Å². The van der Waals surface area contributed by atoms with E-state index in [1.807, 2.05) is 42.5 Å². The second-order valence-electron chi connectivity index (χ2n) is 4.62. The molecule has 122 valence electrons. The first-order valence-corrected chi connectivity index (χ1v) is 6.96. The summed E-state index contributed by atoms with van der Waals surface area (Å²) in [6.07, 6.45) is 0. The highest BCUT2D eigenvalue weighted by atomic mass is 127. The Kier molecular flexibility index (Phi) is 6.33. The van der Waals surface area contributed by atoms with E-state index in [2.05, 4.69) is 10.3 Å². The maximum absolute atomic E-state index is 5.81. The number of aliphatic imine (C=N–C) groups is 1. The molecule has 0 bridgehead atoms. The summed E-state index contributed by atoms with van der Waals surface area (Å²) in [5.74, 6) is 2.52. The molecular formula is C16H18IN3O3. The van der Waals surface area contributed by atoms with Crippen LogP contribution in [0.1, 0.15) is 0 Å². The first-order chi connectivity index (χ1) is 10.8. The van der Waals surface area contributed by atoms with Gasteiger partial charge in [0.25, 0.3) is 0 Å². The highest BCUT2D eigenvalue weighted by Gasteiger charge is 2.13. The molecule has 0 atom stereocenters. The van der Waals surface area contributed by atoms with Crippen LogP contribution >= 0.6 is 24.0 Å². The molecule has 23 heavy (non-hydrogen) atoms. The van der Waals surface area contributed by atoms with Crippen LogP contribution in [0.15, 0.2) is 53.5 Å². The molecule has 2 aromatic carbocycles. The number of benzene rings is 2. The second kappa shape index (κ2) is 8.47. The molecule has 1 heterocycles. The fourth-order valence-corrected chi connectivity index (χ4v) is 2.01. The highest BCUT2D eigenvalue weighted by molar-refractivity contribution is 14.0. The summed E-state index contributed by atoms with van der Waals surface area (Å²) in [7, 11) is 0. The Morgan fingerprint density at radius 2 is 1.91 bits per heavy atom. The van der Waals surface area contributed by atoms with E-state index in [4.69, 9.17) is 19.9 Å². The molecule has 0 fully saturated rings. The normalized spacial score (nSPS) is 12.4. The molecule has 3 rings (SSSR count). The largest absolute Gasteiger partial charge is 0.492 e. The van der Waals surface area contributed by atoms with Crippen LogP contribution in [0.3, 0.4) is 0 Å². The van der Waals surface area contributed by atoms with Crippen LogP contribution in [0.2, 0.25) is 0 Å². The average molecular weight is 427 g/mol. The maximum Gasteiger partial charge on any atom is 0.231 e. The molecule has 0 spiro atoms. The van der Waals surface area contributed by atoms with Crippen molar-refractivity contribution in [3.8, 4) is 17.2 Å². The predicted molar refractivity (Wildman–Crippen MR) is 100 cm³/mol. The van der Waals surface area contributed by atoms with Gasteiger partial charge in [-0.05, 0) is 24.3 Å². The Labute approximate surface area is 151 Å². The van der Waals surface area contributed by atoms with Crippen LogP contribution in [-0.4, -0.2) is 25.9 Å². The first-order valence-electron chi connectivity index (χ1n) is 6.96. The highest BCUT2D eigenvalue weighted by Crippen LogP contribution is 2.34. The van der Waals surface area contributed by atoms with Crippen molar-refractivity contribution >= 4 is 35.6 Å². The fourth-order valence-electron chi connectivity index (χ4n) is 2.01. The van der Waals surface area contributed by atoms with Gasteiger partial charge in [-0.1, -0.05) is 18.2 Å². The molecule has 2 aromatic rings. The van der Waals surface area contributed by atoms with Gasteiger partial charge < -0.3 is 25.3 Å². The summed E-state index contributed by atoms with van der Waals surface area (Å²) in [6, 6.07) is 15.1. The first kappa shape index (κ1) is 17.2. The van der Waals surface area contributed by atoms with Gasteiger partial charge in [-0.15, -0.1) is 24.0 Å². The van der Waals surface area contributed by atoms with Gasteiger partial charge in [-0.25, -0.2) is 4.99 Å². The van der Waals surface area contributed by atoms with E-state index in [1.54, 1.807) is 6.07 Å². The van der Waals surface area contributed by atoms with Crippen molar-refractivity contribution < 1.29 is 14.2 Å². The monoisotopic (exact) mass is 427 g/mol. The van der Waals surface area contributed by atoms with Crippen molar-refractivity contribution in [2.75, 3.05) is 25.3 Å². The van der Waals surface area contributed by atoms with E-state index in [-0.39, 0.29) is 30.8 Å². The number of ether oxygens (including phenoxy) is 3. The molecule has 0 radical (unpaired) electrons. The molecule has 0 saturated carbocycles. The van der Waals surface area contributed by atoms with Crippen molar-refractivity contribution in [2.24, 2.45) is 10.7 Å². The number of hydrogen-bond acceptors (Lipinski definition) is 4. The van der Waals surface area contributed by atoms with E-state index in [0.29, 0.717) is 30.6 Å². The van der Waals surface area contributed by atoms with Gasteiger partial charge >= 0.3 is 0 Å². The zero-order valence-corrected chi connectivity index (χ0v) is 14.7. The molecule has 1 aliphatic heterocycles. The molecule has 3 N–H and O–H groups in total. The molecule has 1 aliphatic rings. The maximum atomic E-state index is 5.81. The fraction of sp³-hybridized carbons (Fsp3) is 0.188. The van der Waals surface area contributed by atoms with E-state index >= 15 is 0 Å². The summed E-state index contributed by atoms with van der Waals surface area (Å²) in [5, 5.41) is 3.01. The summed E-state index contributed by atoms with van der Waals surface area (Å²) < 4.78 is 16.1. The van der Waals surface area contributed by atoms with Crippen molar-refractivity contribution in [1.82, 2.24) is 0 Å². The van der Waals surface area contributed by atoms with Gasteiger partial charge in [-0.2, -0.15) is 0 Å². The number of hydrogen-bond donors (Lipinski definition) is 2. The molecule has 0 aromatic heterocycles. The summed E-state index contributed by atoms with van der Waals surface area (Å²) in [5.41, 5.74) is 6.71. The van der Waals surface area contributed by atoms with Crippen LogP contribution in [-0.2, 0) is 0 Å². The Hall–Kier alpha value is -2.16. The van der Waals surface area contributed by atoms with Crippen molar-refractivity contribution in [2.45, 2.75) is 0 Å². The quantitative estimate of drug-likeness (QED) is 0.332. The minimum Gasteiger partial charge on any atom is -0.492 e. The molecule has 0 unspecified atom stereocenters. The predicted octanol–water partition coefficient (Wildman–Crippen LogP) is 2.84. The summed E-state index contributed by atoms with van der Waals surface area (Å²) >= 11 is 0. The van der Waals surface area contributed by atoms with Crippen LogP contribution in [0.4, 0.5) is 5.69 Å². The molecule has 0 amide bonds. The number of guanidine groups is 1. The van der Waals surface area contributed by atoms with Crippen molar-refractivity contribution in [1.29, 1.82) is 0 Å². The second-order valence-corrected chi connectivity index (χ2v) is 4.62. The SMILES string of the molecule is I.NC(=NCCOc1ccc2c(c1)OCO2)Nc1ccccc1. The number of nitrogens with one attached hydrogen (secondary N) is 1. The lowest BCUT2D eigenvalue weighted by Gasteiger charge is -2.07. The van der Waals surface area contributed by atoms with E-state index in [1.165, 1.54) is 0 Å². The van der Waals surface area contributed by atoms with E-state index in [0.717, 1.165) is 11.4 Å². The van der Waals surface area contributed by atoms with Gasteiger partial charge in [0.15, 0.2) is 17.5 Å². The lowest BCUT2D eigenvalue weighted by atomic mass is 10.3. The number of nitrogens with zero attached hydrogens (tertiary/aromatic N) is 1. The number of fused-ring (bicyclic) bond motifs is 1. The van der Waals surface area contributed by atoms with Gasteiger partial charge in [-0.3, -0.25) is 0 Å². The standard InChI is InChI=1S/C16H17N3O3.HI/c17-16(19-12-4-2-1-3-5-12)18-8-9-20-13-6-7-14-15(10-13)22-11-21-14;/h1-7,10H,8-9,11H2,(H3,17,18,19);1H. The van der Waals surface area contributed by atoms with Crippen molar-refractivity contribution in [3.05, 3.63) is 48.5 Å². The Balaban J connectivity index is 0.00000192. The Bertz CT molecular complexity index is 665. The lowest BCUT2D eigenvalue weighted by Crippen LogP contribution is -2.23. The number of anilines is 1. The average Bonchev–Trinajstić information content (AvgIpc) is 3.00. The van der Waals surface area contributed by atoms with Crippen LogP contribution in [0.5, 0.6) is 17.2 Å². The van der Waals surface area contributed by atoms with Gasteiger partial charge in [0.1, 0.15) is 12.4 Å². The molecular weight excluding hydrogens is 409 g/mol. The third kappa shape index (κ3) is 4.92. The van der Waals surface area contributed by atoms with Crippen molar-refractivity contribution in [3.63, 3.8) is 0 Å². The topological polar surface area (TPSA) is 78.1 Å². The summed E-state index contributed by atoms with van der Waals surface area (Å²) in [6.45, 7) is 1.14. The minimum absolute atomic E-state index is 0. The number of nitrogens with two attached hydrogens (primary N) is 1. The van der Waals surface area contributed by atoms with Crippen LogP contribution < -0.4 is 25.3 Å². The minimum atomic E-state index is 0. The Morgan fingerprint density at radius 3 is 2.74 bits per heavy atom. The molecule has 0 saturated heterocycles. The van der Waals surface area contributed by atoms with Crippen LogP contribution in [0.25, 0.3) is 0 Å². The Morgan fingerprint density at radius 1 is 1.13 bits per heavy atom. The van der Waals surface area contributed by atoms with Crippen LogP contribution in [0, 0.1) is 0 Å². The summed E-state index contributed by atoms with van der Waals surface area (Å²) in [4.78, 5) is 4.21. The van der Waals surface area contributed by atoms with Gasteiger partial charge in [0, 0.05) is 11.8 Å². The third-order valence-electron chi connectivity index (χ3n) is 3.03. The van der Waals surface area contributed by atoms with E-state index < -0.39 is 0 Å². The number of halogens is 1. The smallest absolute Gasteiger partial charge is 0.231 e. The molecule has 7 heteroatoms. The van der Waals surface area contributed by atoms with Gasteiger partial charge in [0.05, 0.1) is 6.54 Å². The zero-order valence-electron chi connectivity index (χ0n) is 12.4. The number of rotatable bonds is 5. The zero-order chi connectivity index (χ0) is 15.2. The third-order valence-corrected chi connectivity index (χ3v) is 3.03. The van der Waals surface area contributed by atoms with E-state index in [9.17, 15) is 0 Å². The number of para-hydroxylation sites is 1. The molecule has 6 nitrogen and oxygen atoms in total. The lowest BCUT2D eigenvalue weighted by molar-refractivity contribution is 0.174. The molecule has 0 aliphatic carbocycles.